The Bertz CT molecular complexity index is 457. The van der Waals surface area contributed by atoms with Crippen molar-refractivity contribution in [3.05, 3.63) is 21.9 Å². The summed E-state index contributed by atoms with van der Waals surface area (Å²) in [5, 5.41) is 10.6. The van der Waals surface area contributed by atoms with Crippen LogP contribution in [0.15, 0.2) is 12.1 Å². The maximum atomic E-state index is 11.5. The van der Waals surface area contributed by atoms with E-state index < -0.39 is 18.5 Å². The molecule has 0 aliphatic rings. The van der Waals surface area contributed by atoms with Gasteiger partial charge < -0.3 is 10.4 Å². The van der Waals surface area contributed by atoms with Crippen LogP contribution in [-0.4, -0.2) is 36.0 Å². The van der Waals surface area contributed by atoms with Gasteiger partial charge >= 0.3 is 5.97 Å². The van der Waals surface area contributed by atoms with Crippen LogP contribution < -0.4 is 10.8 Å². The number of carbonyl (C=O) groups is 3. The summed E-state index contributed by atoms with van der Waals surface area (Å²) in [5.74, 6) is -2.19. The van der Waals surface area contributed by atoms with E-state index in [9.17, 15) is 14.4 Å². The first-order valence-electron chi connectivity index (χ1n) is 4.96. The van der Waals surface area contributed by atoms with Gasteiger partial charge in [0.1, 0.15) is 0 Å². The van der Waals surface area contributed by atoms with Crippen molar-refractivity contribution in [2.24, 2.45) is 0 Å². The molecule has 98 valence electrons. The van der Waals surface area contributed by atoms with Crippen LogP contribution in [0.25, 0.3) is 0 Å². The fraction of sp³-hybridized carbons (Fsp3) is 0.300. The van der Waals surface area contributed by atoms with Crippen molar-refractivity contribution in [1.29, 1.82) is 0 Å². The lowest BCUT2D eigenvalue weighted by Crippen LogP contribution is -2.37. The van der Waals surface area contributed by atoms with Crippen molar-refractivity contribution in [2.75, 3.05) is 13.2 Å². The number of aryl methyl sites for hydroxylation is 1. The van der Waals surface area contributed by atoms with Crippen LogP contribution in [0.3, 0.4) is 0 Å². The van der Waals surface area contributed by atoms with Crippen molar-refractivity contribution in [2.45, 2.75) is 6.92 Å². The highest BCUT2D eigenvalue weighted by Gasteiger charge is 2.10. The highest BCUT2D eigenvalue weighted by molar-refractivity contribution is 7.13. The molecule has 0 fully saturated rings. The third kappa shape index (κ3) is 4.93. The van der Waals surface area contributed by atoms with E-state index in [4.69, 9.17) is 5.11 Å². The molecule has 1 rings (SSSR count). The van der Waals surface area contributed by atoms with E-state index in [0.717, 1.165) is 4.88 Å². The van der Waals surface area contributed by atoms with Gasteiger partial charge in [-0.3, -0.25) is 14.4 Å². The number of thiophene rings is 1. The number of carboxylic acids is 1. The van der Waals surface area contributed by atoms with Gasteiger partial charge in [0.05, 0.1) is 11.4 Å². The number of amides is 2. The molecule has 0 saturated carbocycles. The maximum absolute atomic E-state index is 11.5. The molecule has 18 heavy (non-hydrogen) atoms. The lowest BCUT2D eigenvalue weighted by atomic mass is 10.4. The number of hydrogen-bond acceptors (Lipinski definition) is 5. The van der Waals surface area contributed by atoms with E-state index in [1.165, 1.54) is 11.3 Å². The van der Waals surface area contributed by atoms with Crippen LogP contribution in [0.2, 0.25) is 0 Å². The Balaban J connectivity index is 2.26. The maximum Gasteiger partial charge on any atom is 0.332 e. The molecule has 7 nitrogen and oxygen atoms in total. The third-order valence-corrected chi connectivity index (χ3v) is 2.75. The second-order valence-corrected chi connectivity index (χ2v) is 4.59. The number of carbonyl (C=O) groups excluding carboxylic acids is 2. The van der Waals surface area contributed by atoms with Gasteiger partial charge in [-0.15, -0.1) is 11.3 Å². The van der Waals surface area contributed by atoms with Crippen molar-refractivity contribution in [3.63, 3.8) is 0 Å². The van der Waals surface area contributed by atoms with E-state index in [1.807, 2.05) is 12.4 Å². The Morgan fingerprint density at radius 3 is 2.67 bits per heavy atom. The molecule has 1 heterocycles. The van der Waals surface area contributed by atoms with Crippen molar-refractivity contribution >= 4 is 29.1 Å². The van der Waals surface area contributed by atoms with Gasteiger partial charge in [-0.2, -0.15) is 0 Å². The molecule has 3 N–H and O–H groups in total. The molecular formula is C10H12N2O5S. The lowest BCUT2D eigenvalue weighted by molar-refractivity contribution is -0.148. The average Bonchev–Trinajstić information content (AvgIpc) is 2.72. The van der Waals surface area contributed by atoms with Crippen molar-refractivity contribution in [3.8, 4) is 0 Å². The van der Waals surface area contributed by atoms with Crippen LogP contribution in [0.4, 0.5) is 0 Å². The van der Waals surface area contributed by atoms with E-state index in [2.05, 4.69) is 10.2 Å². The van der Waals surface area contributed by atoms with Gasteiger partial charge in [-0.05, 0) is 19.1 Å². The third-order valence-electron chi connectivity index (χ3n) is 1.76. The Kier molecular flexibility index (Phi) is 5.28. The van der Waals surface area contributed by atoms with E-state index in [0.29, 0.717) is 4.88 Å². The Morgan fingerprint density at radius 2 is 2.11 bits per heavy atom. The van der Waals surface area contributed by atoms with Crippen molar-refractivity contribution in [1.82, 2.24) is 10.8 Å². The van der Waals surface area contributed by atoms with Crippen LogP contribution in [-0.2, 0) is 14.4 Å². The second-order valence-electron chi connectivity index (χ2n) is 3.30. The van der Waals surface area contributed by atoms with Gasteiger partial charge in [-0.25, -0.2) is 10.3 Å². The quantitative estimate of drug-likeness (QED) is 0.628. The molecule has 0 aliphatic heterocycles. The normalized spacial score (nSPS) is 9.83. The number of carboxylic acid groups (broad SMARTS) is 1. The number of hydrogen-bond donors (Lipinski definition) is 3. The topological polar surface area (TPSA) is 105 Å². The SMILES string of the molecule is Cc1ccc(C(=O)NCC(=O)NOCC(=O)O)s1. The van der Waals surface area contributed by atoms with E-state index in [1.54, 1.807) is 12.1 Å². The molecule has 0 aliphatic carbocycles. The minimum Gasteiger partial charge on any atom is -0.479 e. The van der Waals surface area contributed by atoms with Crippen LogP contribution in [0, 0.1) is 6.92 Å². The van der Waals surface area contributed by atoms with Gasteiger partial charge in [0.25, 0.3) is 11.8 Å². The largest absolute Gasteiger partial charge is 0.479 e. The molecule has 0 bridgehead atoms. The Morgan fingerprint density at radius 1 is 1.39 bits per heavy atom. The summed E-state index contributed by atoms with van der Waals surface area (Å²) < 4.78 is 0. The molecule has 0 aromatic carbocycles. The Labute approximate surface area is 107 Å². The fourth-order valence-electron chi connectivity index (χ4n) is 1.02. The van der Waals surface area contributed by atoms with Crippen LogP contribution >= 0.6 is 11.3 Å². The van der Waals surface area contributed by atoms with E-state index in [-0.39, 0.29) is 12.5 Å². The average molecular weight is 272 g/mol. The minimum atomic E-state index is -1.20. The standard InChI is InChI=1S/C10H12N2O5S/c1-6-2-3-7(18-6)10(16)11-4-8(13)12-17-5-9(14)15/h2-3H,4-5H2,1H3,(H,11,16)(H,12,13)(H,14,15). The summed E-state index contributed by atoms with van der Waals surface area (Å²) in [7, 11) is 0. The fourth-order valence-corrected chi connectivity index (χ4v) is 1.80. The summed E-state index contributed by atoms with van der Waals surface area (Å²) >= 11 is 1.32. The molecule has 8 heteroatoms. The summed E-state index contributed by atoms with van der Waals surface area (Å²) in [5.41, 5.74) is 1.89. The molecule has 0 atom stereocenters. The summed E-state index contributed by atoms with van der Waals surface area (Å²) in [6, 6.07) is 3.46. The summed E-state index contributed by atoms with van der Waals surface area (Å²) in [4.78, 5) is 38.6. The molecule has 0 saturated heterocycles. The molecule has 2 amide bonds. The highest BCUT2D eigenvalue weighted by atomic mass is 32.1. The molecule has 0 unspecified atom stereocenters. The van der Waals surface area contributed by atoms with Crippen LogP contribution in [0.1, 0.15) is 14.5 Å². The first-order valence-corrected chi connectivity index (χ1v) is 5.77. The predicted octanol–water partition coefficient (Wildman–Crippen LogP) is -0.0813. The monoisotopic (exact) mass is 272 g/mol. The van der Waals surface area contributed by atoms with Gasteiger partial charge in [-0.1, -0.05) is 0 Å². The zero-order chi connectivity index (χ0) is 13.5. The van der Waals surface area contributed by atoms with Gasteiger partial charge in [0.15, 0.2) is 6.61 Å². The number of rotatable bonds is 6. The van der Waals surface area contributed by atoms with E-state index >= 15 is 0 Å². The highest BCUT2D eigenvalue weighted by Crippen LogP contribution is 2.14. The summed E-state index contributed by atoms with van der Waals surface area (Å²) in [6.45, 7) is 0.951. The predicted molar refractivity (Wildman–Crippen MR) is 63.1 cm³/mol. The number of aliphatic carboxylic acids is 1. The molecular weight excluding hydrogens is 260 g/mol. The number of nitrogens with one attached hydrogen (secondary N) is 2. The van der Waals surface area contributed by atoms with Crippen molar-refractivity contribution < 1.29 is 24.3 Å². The minimum absolute atomic E-state index is 0.282. The lowest BCUT2D eigenvalue weighted by Gasteiger charge is -2.04. The first kappa shape index (κ1) is 14.1. The molecule has 1 aromatic heterocycles. The van der Waals surface area contributed by atoms with Gasteiger partial charge in [0, 0.05) is 4.88 Å². The van der Waals surface area contributed by atoms with Gasteiger partial charge in [0.2, 0.25) is 0 Å². The smallest absolute Gasteiger partial charge is 0.332 e. The molecule has 0 radical (unpaired) electrons. The second kappa shape index (κ2) is 6.72. The first-order chi connectivity index (χ1) is 8.49. The Hall–Kier alpha value is -1.93. The number of hydroxylamine groups is 1. The zero-order valence-corrected chi connectivity index (χ0v) is 10.4. The summed E-state index contributed by atoms with van der Waals surface area (Å²) in [6.07, 6.45) is 0. The molecule has 0 spiro atoms. The zero-order valence-electron chi connectivity index (χ0n) is 9.56. The molecule has 1 aromatic rings. The van der Waals surface area contributed by atoms with Crippen LogP contribution in [0.5, 0.6) is 0 Å².